The number of aryl methyl sites for hydroxylation is 1. The van der Waals surface area contributed by atoms with Gasteiger partial charge >= 0.3 is 5.69 Å². The molecule has 0 amide bonds. The molecule has 1 N–H and O–H groups in total. The van der Waals surface area contributed by atoms with Crippen LogP contribution < -0.4 is 16.8 Å². The third-order valence-electron chi connectivity index (χ3n) is 4.58. The number of fused-ring (bicyclic) bond motifs is 1. The number of rotatable bonds is 3. The van der Waals surface area contributed by atoms with E-state index in [0.717, 1.165) is 10.1 Å². The van der Waals surface area contributed by atoms with Crippen molar-refractivity contribution >= 4 is 11.0 Å². The highest BCUT2D eigenvalue weighted by atomic mass is 16.2. The van der Waals surface area contributed by atoms with Crippen LogP contribution in [0, 0.1) is 0 Å². The number of aromatic amines is 1. The maximum atomic E-state index is 12.4. The van der Waals surface area contributed by atoms with Crippen molar-refractivity contribution in [2.75, 3.05) is 0 Å². The van der Waals surface area contributed by atoms with Gasteiger partial charge in [0.25, 0.3) is 11.1 Å². The first kappa shape index (κ1) is 17.0. The van der Waals surface area contributed by atoms with Gasteiger partial charge in [0.15, 0.2) is 0 Å². The predicted molar refractivity (Wildman–Crippen MR) is 98.4 cm³/mol. The first-order valence-electron chi connectivity index (χ1n) is 8.20. The molecule has 0 unspecified atom stereocenters. The van der Waals surface area contributed by atoms with Crippen LogP contribution in [0.4, 0.5) is 0 Å². The Morgan fingerprint density at radius 1 is 1.00 bits per heavy atom. The fourth-order valence-electron chi connectivity index (χ4n) is 2.95. The van der Waals surface area contributed by atoms with Crippen LogP contribution in [0.5, 0.6) is 0 Å². The standard InChI is InChI=1S/C19H21N3O3/c1-11(2)13-7-5-12(6-8-13)9-14-10-15-16(20-17(14)23)21(3)19(25)22(4)18(15)24/h5-8,10-11H,9H2,1-4H3,(H,20,23). The lowest BCUT2D eigenvalue weighted by Gasteiger charge is -2.09. The van der Waals surface area contributed by atoms with Crippen LogP contribution in [0.15, 0.2) is 44.7 Å². The van der Waals surface area contributed by atoms with E-state index in [0.29, 0.717) is 23.3 Å². The van der Waals surface area contributed by atoms with E-state index in [2.05, 4.69) is 31.0 Å². The number of nitrogens with zero attached hydrogens (tertiary/aromatic N) is 2. The molecule has 1 aromatic carbocycles. The number of H-pyrrole nitrogens is 1. The molecule has 0 fully saturated rings. The normalized spacial score (nSPS) is 11.4. The van der Waals surface area contributed by atoms with Gasteiger partial charge in [-0.2, -0.15) is 0 Å². The van der Waals surface area contributed by atoms with Crippen molar-refractivity contribution in [3.63, 3.8) is 0 Å². The zero-order valence-electron chi connectivity index (χ0n) is 14.8. The van der Waals surface area contributed by atoms with Gasteiger partial charge in [-0.15, -0.1) is 0 Å². The summed E-state index contributed by atoms with van der Waals surface area (Å²) in [5, 5.41) is 0.331. The Kier molecular flexibility index (Phi) is 4.20. The minimum Gasteiger partial charge on any atom is -0.307 e. The molecule has 3 aromatic rings. The maximum absolute atomic E-state index is 12.4. The minimum absolute atomic E-state index is 0.247. The van der Waals surface area contributed by atoms with Gasteiger partial charge in [-0.25, -0.2) is 4.79 Å². The largest absolute Gasteiger partial charge is 0.332 e. The SMILES string of the molecule is CC(C)c1ccc(Cc2cc3c(=O)n(C)c(=O)n(C)c3[nH]c2=O)cc1. The molecule has 0 spiro atoms. The van der Waals surface area contributed by atoms with Crippen molar-refractivity contribution in [1.29, 1.82) is 0 Å². The predicted octanol–water partition coefficient (Wildman–Crippen LogP) is 1.64. The van der Waals surface area contributed by atoms with Crippen LogP contribution in [-0.2, 0) is 20.5 Å². The summed E-state index contributed by atoms with van der Waals surface area (Å²) in [6, 6.07) is 9.69. The van der Waals surface area contributed by atoms with Gasteiger partial charge in [-0.3, -0.25) is 18.7 Å². The molecule has 0 aliphatic rings. The number of benzene rings is 1. The van der Waals surface area contributed by atoms with Crippen molar-refractivity contribution in [3.8, 4) is 0 Å². The van der Waals surface area contributed by atoms with Gasteiger partial charge in [0.05, 0.1) is 5.39 Å². The molecule has 25 heavy (non-hydrogen) atoms. The second-order valence-corrected chi connectivity index (χ2v) is 6.66. The summed E-state index contributed by atoms with van der Waals surface area (Å²) in [4.78, 5) is 39.4. The van der Waals surface area contributed by atoms with Crippen LogP contribution in [0.3, 0.4) is 0 Å². The lowest BCUT2D eigenvalue weighted by atomic mass is 9.99. The summed E-state index contributed by atoms with van der Waals surface area (Å²) in [6.45, 7) is 4.26. The first-order chi connectivity index (χ1) is 11.8. The highest BCUT2D eigenvalue weighted by Crippen LogP contribution is 2.16. The number of hydrogen-bond donors (Lipinski definition) is 1. The molecule has 0 radical (unpaired) electrons. The fourth-order valence-corrected chi connectivity index (χ4v) is 2.95. The Labute approximate surface area is 144 Å². The molecule has 3 rings (SSSR count). The number of aromatic nitrogens is 3. The lowest BCUT2D eigenvalue weighted by Crippen LogP contribution is -2.38. The molecular formula is C19H21N3O3. The van der Waals surface area contributed by atoms with E-state index in [-0.39, 0.29) is 11.2 Å². The maximum Gasteiger partial charge on any atom is 0.332 e. The summed E-state index contributed by atoms with van der Waals surface area (Å²) < 4.78 is 2.32. The molecule has 6 heteroatoms. The van der Waals surface area contributed by atoms with E-state index in [9.17, 15) is 14.4 Å². The van der Waals surface area contributed by atoms with E-state index < -0.39 is 11.2 Å². The fraction of sp³-hybridized carbons (Fsp3) is 0.316. The quantitative estimate of drug-likeness (QED) is 0.788. The van der Waals surface area contributed by atoms with Gasteiger partial charge in [0, 0.05) is 26.1 Å². The summed E-state index contributed by atoms with van der Waals surface area (Å²) in [6.07, 6.45) is 0.426. The van der Waals surface area contributed by atoms with Crippen molar-refractivity contribution in [2.24, 2.45) is 14.1 Å². The van der Waals surface area contributed by atoms with E-state index in [4.69, 9.17) is 0 Å². The lowest BCUT2D eigenvalue weighted by molar-refractivity contribution is 0.706. The van der Waals surface area contributed by atoms with Gasteiger partial charge in [-0.1, -0.05) is 38.1 Å². The summed E-state index contributed by atoms with van der Waals surface area (Å²) in [5.41, 5.74) is 1.81. The molecule has 2 aromatic heterocycles. The molecule has 0 aliphatic carbocycles. The molecular weight excluding hydrogens is 318 g/mol. The average Bonchev–Trinajstić information content (AvgIpc) is 2.60. The van der Waals surface area contributed by atoms with Crippen molar-refractivity contribution in [1.82, 2.24) is 14.1 Å². The van der Waals surface area contributed by atoms with E-state index >= 15 is 0 Å². The van der Waals surface area contributed by atoms with Gasteiger partial charge in [-0.05, 0) is 23.1 Å². The molecule has 0 saturated heterocycles. The Hall–Kier alpha value is -2.89. The van der Waals surface area contributed by atoms with Crippen LogP contribution in [-0.4, -0.2) is 14.1 Å². The van der Waals surface area contributed by atoms with Crippen molar-refractivity contribution < 1.29 is 0 Å². The third kappa shape index (κ3) is 2.95. The smallest absolute Gasteiger partial charge is 0.307 e. The van der Waals surface area contributed by atoms with E-state index in [1.54, 1.807) is 6.07 Å². The van der Waals surface area contributed by atoms with E-state index in [1.165, 1.54) is 24.2 Å². The number of nitrogens with one attached hydrogen (secondary N) is 1. The zero-order chi connectivity index (χ0) is 18.3. The van der Waals surface area contributed by atoms with Gasteiger partial charge < -0.3 is 4.98 Å². The number of pyridine rings is 1. The molecule has 2 heterocycles. The van der Waals surface area contributed by atoms with Crippen LogP contribution in [0.25, 0.3) is 11.0 Å². The van der Waals surface area contributed by atoms with Gasteiger partial charge in [0.1, 0.15) is 5.65 Å². The monoisotopic (exact) mass is 339 g/mol. The molecule has 0 saturated carbocycles. The van der Waals surface area contributed by atoms with Crippen LogP contribution in [0.2, 0.25) is 0 Å². The Morgan fingerprint density at radius 3 is 2.24 bits per heavy atom. The summed E-state index contributed by atoms with van der Waals surface area (Å²) >= 11 is 0. The van der Waals surface area contributed by atoms with Crippen molar-refractivity contribution in [3.05, 3.63) is 78.2 Å². The van der Waals surface area contributed by atoms with E-state index in [1.807, 2.05) is 12.1 Å². The third-order valence-corrected chi connectivity index (χ3v) is 4.58. The topological polar surface area (TPSA) is 76.9 Å². The Balaban J connectivity index is 2.11. The summed E-state index contributed by atoms with van der Waals surface area (Å²) in [7, 11) is 2.96. The van der Waals surface area contributed by atoms with Crippen molar-refractivity contribution in [2.45, 2.75) is 26.2 Å². The molecule has 130 valence electrons. The highest BCUT2D eigenvalue weighted by Gasteiger charge is 2.12. The van der Waals surface area contributed by atoms with Crippen LogP contribution >= 0.6 is 0 Å². The van der Waals surface area contributed by atoms with Gasteiger partial charge in [0.2, 0.25) is 0 Å². The molecule has 0 atom stereocenters. The second-order valence-electron chi connectivity index (χ2n) is 6.66. The number of hydrogen-bond acceptors (Lipinski definition) is 3. The average molecular weight is 339 g/mol. The van der Waals surface area contributed by atoms with Crippen LogP contribution in [0.1, 0.15) is 36.5 Å². The summed E-state index contributed by atoms with van der Waals surface area (Å²) in [5.74, 6) is 0.447. The minimum atomic E-state index is -0.467. The Morgan fingerprint density at radius 2 is 1.64 bits per heavy atom. The zero-order valence-corrected chi connectivity index (χ0v) is 14.8. The molecule has 6 nitrogen and oxygen atoms in total. The molecule has 0 bridgehead atoms. The molecule has 0 aliphatic heterocycles. The second kappa shape index (κ2) is 6.20. The highest BCUT2D eigenvalue weighted by molar-refractivity contribution is 5.74. The first-order valence-corrected chi connectivity index (χ1v) is 8.20. The Bertz CT molecular complexity index is 1120.